The lowest BCUT2D eigenvalue weighted by atomic mass is 10.0. The Kier molecular flexibility index (Phi) is 4.37. The van der Waals surface area contributed by atoms with Crippen LogP contribution in [0.5, 0.6) is 0 Å². The van der Waals surface area contributed by atoms with Crippen LogP contribution in [0, 0.1) is 13.8 Å². The van der Waals surface area contributed by atoms with Gasteiger partial charge in [-0.2, -0.15) is 5.10 Å². The summed E-state index contributed by atoms with van der Waals surface area (Å²) in [6.45, 7) is 8.59. The number of rotatable bonds is 5. The number of thiazole rings is 1. The highest BCUT2D eigenvalue weighted by Gasteiger charge is 2.20. The Hall–Kier alpha value is -1.20. The van der Waals surface area contributed by atoms with Crippen LogP contribution in [-0.4, -0.2) is 14.8 Å². The van der Waals surface area contributed by atoms with Gasteiger partial charge in [0.05, 0.1) is 11.7 Å². The lowest BCUT2D eigenvalue weighted by Crippen LogP contribution is -2.25. The second-order valence-corrected chi connectivity index (χ2v) is 5.85. The quantitative estimate of drug-likeness (QED) is 0.912. The summed E-state index contributed by atoms with van der Waals surface area (Å²) >= 11 is 1.71. The molecule has 0 aromatic carbocycles. The SMILES string of the molecule is CCC(NC(C)c1c(C)nn(C)c1C)c1nccs1. The zero-order valence-electron chi connectivity index (χ0n) is 12.3. The highest BCUT2D eigenvalue weighted by molar-refractivity contribution is 7.09. The van der Waals surface area contributed by atoms with Crippen molar-refractivity contribution in [3.05, 3.63) is 33.5 Å². The van der Waals surface area contributed by atoms with Crippen LogP contribution < -0.4 is 5.32 Å². The molecule has 104 valence electrons. The molecule has 0 bridgehead atoms. The van der Waals surface area contributed by atoms with Gasteiger partial charge in [0.15, 0.2) is 0 Å². The van der Waals surface area contributed by atoms with Gasteiger partial charge in [-0.15, -0.1) is 11.3 Å². The van der Waals surface area contributed by atoms with Crippen molar-refractivity contribution in [3.63, 3.8) is 0 Å². The summed E-state index contributed by atoms with van der Waals surface area (Å²) in [5, 5.41) is 11.4. The van der Waals surface area contributed by atoms with E-state index in [2.05, 4.69) is 43.1 Å². The second-order valence-electron chi connectivity index (χ2n) is 4.93. The molecule has 0 aliphatic rings. The van der Waals surface area contributed by atoms with Gasteiger partial charge in [-0.1, -0.05) is 6.92 Å². The molecule has 2 rings (SSSR count). The van der Waals surface area contributed by atoms with Crippen molar-refractivity contribution in [2.45, 2.75) is 46.2 Å². The fourth-order valence-corrected chi connectivity index (χ4v) is 3.35. The Morgan fingerprint density at radius 3 is 2.63 bits per heavy atom. The molecule has 2 aromatic heterocycles. The van der Waals surface area contributed by atoms with Gasteiger partial charge in [-0.05, 0) is 27.2 Å². The van der Waals surface area contributed by atoms with Crippen LogP contribution in [0.15, 0.2) is 11.6 Å². The Labute approximate surface area is 118 Å². The number of hydrogen-bond acceptors (Lipinski definition) is 4. The van der Waals surface area contributed by atoms with Crippen LogP contribution in [0.3, 0.4) is 0 Å². The third-order valence-electron chi connectivity index (χ3n) is 3.61. The lowest BCUT2D eigenvalue weighted by molar-refractivity contribution is 0.452. The zero-order chi connectivity index (χ0) is 14.0. The van der Waals surface area contributed by atoms with E-state index in [0.717, 1.165) is 17.1 Å². The van der Waals surface area contributed by atoms with E-state index in [1.54, 1.807) is 11.3 Å². The molecule has 2 aromatic rings. The highest BCUT2D eigenvalue weighted by Crippen LogP contribution is 2.26. The minimum Gasteiger partial charge on any atom is -0.301 e. The summed E-state index contributed by atoms with van der Waals surface area (Å²) in [5.41, 5.74) is 3.64. The van der Waals surface area contributed by atoms with E-state index in [0.29, 0.717) is 6.04 Å². The summed E-state index contributed by atoms with van der Waals surface area (Å²) in [6, 6.07) is 0.594. The largest absolute Gasteiger partial charge is 0.301 e. The van der Waals surface area contributed by atoms with E-state index < -0.39 is 0 Å². The van der Waals surface area contributed by atoms with Crippen LogP contribution in [0.1, 0.15) is 54.3 Å². The Balaban J connectivity index is 2.18. The normalized spacial score (nSPS) is 14.6. The van der Waals surface area contributed by atoms with E-state index in [9.17, 15) is 0 Å². The van der Waals surface area contributed by atoms with Crippen LogP contribution in [-0.2, 0) is 7.05 Å². The molecule has 2 atom stereocenters. The lowest BCUT2D eigenvalue weighted by Gasteiger charge is -2.21. The summed E-state index contributed by atoms with van der Waals surface area (Å²) < 4.78 is 1.95. The summed E-state index contributed by atoms with van der Waals surface area (Å²) in [6.07, 6.45) is 2.91. The van der Waals surface area contributed by atoms with Gasteiger partial charge in [0, 0.05) is 35.9 Å². The van der Waals surface area contributed by atoms with Crippen molar-refractivity contribution in [1.82, 2.24) is 20.1 Å². The van der Waals surface area contributed by atoms with E-state index >= 15 is 0 Å². The van der Waals surface area contributed by atoms with Crippen molar-refractivity contribution in [2.24, 2.45) is 7.05 Å². The van der Waals surface area contributed by atoms with E-state index in [-0.39, 0.29) is 6.04 Å². The van der Waals surface area contributed by atoms with E-state index in [4.69, 9.17) is 0 Å². The van der Waals surface area contributed by atoms with Crippen molar-refractivity contribution in [1.29, 1.82) is 0 Å². The molecule has 19 heavy (non-hydrogen) atoms. The van der Waals surface area contributed by atoms with Crippen LogP contribution in [0.4, 0.5) is 0 Å². The van der Waals surface area contributed by atoms with Crippen LogP contribution in [0.2, 0.25) is 0 Å². The fourth-order valence-electron chi connectivity index (χ4n) is 2.57. The molecule has 4 nitrogen and oxygen atoms in total. The molecule has 0 aliphatic heterocycles. The highest BCUT2D eigenvalue weighted by atomic mass is 32.1. The molecular weight excluding hydrogens is 256 g/mol. The van der Waals surface area contributed by atoms with Gasteiger partial charge in [0.25, 0.3) is 0 Å². The first kappa shape index (κ1) is 14.2. The number of hydrogen-bond donors (Lipinski definition) is 1. The molecule has 0 saturated heterocycles. The number of nitrogens with zero attached hydrogens (tertiary/aromatic N) is 3. The van der Waals surface area contributed by atoms with Gasteiger partial charge in [-0.3, -0.25) is 4.68 Å². The van der Waals surface area contributed by atoms with E-state index in [1.165, 1.54) is 11.3 Å². The predicted molar refractivity (Wildman–Crippen MR) is 79.4 cm³/mol. The monoisotopic (exact) mass is 278 g/mol. The third-order valence-corrected chi connectivity index (χ3v) is 4.50. The standard InChI is InChI=1S/C14H22N4S/c1-6-12(14-15-7-8-19-14)16-9(2)13-10(3)17-18(5)11(13)4/h7-9,12,16H,6H2,1-5H3. The summed E-state index contributed by atoms with van der Waals surface area (Å²) in [4.78, 5) is 4.42. The van der Waals surface area contributed by atoms with Gasteiger partial charge in [0.1, 0.15) is 5.01 Å². The summed E-state index contributed by atoms with van der Waals surface area (Å²) in [5.74, 6) is 0. The first-order valence-corrected chi connectivity index (χ1v) is 7.58. The maximum absolute atomic E-state index is 4.49. The Morgan fingerprint density at radius 2 is 2.16 bits per heavy atom. The number of aromatic nitrogens is 3. The average Bonchev–Trinajstić information content (AvgIpc) is 2.96. The smallest absolute Gasteiger partial charge is 0.109 e. The Bertz CT molecular complexity index is 530. The summed E-state index contributed by atoms with van der Waals surface area (Å²) in [7, 11) is 2.00. The topological polar surface area (TPSA) is 42.7 Å². The van der Waals surface area contributed by atoms with Crippen molar-refractivity contribution in [3.8, 4) is 0 Å². The third kappa shape index (κ3) is 2.87. The number of aryl methyl sites for hydroxylation is 2. The average molecular weight is 278 g/mol. The molecule has 2 heterocycles. The van der Waals surface area contributed by atoms with Gasteiger partial charge in [-0.25, -0.2) is 4.98 Å². The predicted octanol–water partition coefficient (Wildman–Crippen LogP) is 3.30. The minimum absolute atomic E-state index is 0.280. The molecule has 0 saturated carbocycles. The van der Waals surface area contributed by atoms with Crippen LogP contribution in [0.25, 0.3) is 0 Å². The van der Waals surface area contributed by atoms with Crippen LogP contribution >= 0.6 is 11.3 Å². The van der Waals surface area contributed by atoms with Crippen molar-refractivity contribution < 1.29 is 0 Å². The molecule has 0 fully saturated rings. The van der Waals surface area contributed by atoms with Crippen molar-refractivity contribution >= 4 is 11.3 Å². The molecule has 0 spiro atoms. The van der Waals surface area contributed by atoms with Gasteiger partial charge in [0.2, 0.25) is 0 Å². The van der Waals surface area contributed by atoms with Gasteiger partial charge >= 0.3 is 0 Å². The Morgan fingerprint density at radius 1 is 1.42 bits per heavy atom. The second kappa shape index (κ2) is 5.84. The zero-order valence-corrected chi connectivity index (χ0v) is 13.1. The van der Waals surface area contributed by atoms with Gasteiger partial charge < -0.3 is 5.32 Å². The first-order chi connectivity index (χ1) is 9.04. The number of nitrogens with one attached hydrogen (secondary N) is 1. The molecular formula is C14H22N4S. The first-order valence-electron chi connectivity index (χ1n) is 6.70. The van der Waals surface area contributed by atoms with Crippen molar-refractivity contribution in [2.75, 3.05) is 0 Å². The molecule has 0 aliphatic carbocycles. The molecule has 2 unspecified atom stereocenters. The molecule has 0 amide bonds. The minimum atomic E-state index is 0.280. The molecule has 0 radical (unpaired) electrons. The molecule has 5 heteroatoms. The van der Waals surface area contributed by atoms with E-state index in [1.807, 2.05) is 23.3 Å². The maximum atomic E-state index is 4.49. The maximum Gasteiger partial charge on any atom is 0.109 e. The fraction of sp³-hybridized carbons (Fsp3) is 0.571. The molecule has 1 N–H and O–H groups in total.